The number of morpholine rings is 1. The number of hydrogen-bond acceptors (Lipinski definition) is 5. The molecule has 2 heterocycles. The summed E-state index contributed by atoms with van der Waals surface area (Å²) in [6.07, 6.45) is 1.70. The average Bonchev–Trinajstić information content (AvgIpc) is 2.68. The molecule has 26 heavy (non-hydrogen) atoms. The Bertz CT molecular complexity index is 828. The van der Waals surface area contributed by atoms with E-state index >= 15 is 0 Å². The topological polar surface area (TPSA) is 88.6 Å². The van der Waals surface area contributed by atoms with Crippen molar-refractivity contribution >= 4 is 15.9 Å². The van der Waals surface area contributed by atoms with Crippen LogP contribution in [0.4, 0.5) is 0 Å². The van der Waals surface area contributed by atoms with E-state index in [1.165, 1.54) is 4.31 Å². The summed E-state index contributed by atoms with van der Waals surface area (Å²) in [6, 6.07) is 13.2. The maximum absolute atomic E-state index is 12.9. The van der Waals surface area contributed by atoms with Crippen LogP contribution in [0.3, 0.4) is 0 Å². The fraction of sp³-hybridized carbons (Fsp3) is 0.333. The number of pyridine rings is 1. The van der Waals surface area contributed by atoms with Gasteiger partial charge in [-0.1, -0.05) is 24.3 Å². The Labute approximate surface area is 153 Å². The molecule has 138 valence electrons. The van der Waals surface area contributed by atoms with Crippen molar-refractivity contribution in [3.63, 3.8) is 0 Å². The van der Waals surface area contributed by atoms with Crippen LogP contribution in [-0.4, -0.2) is 49.4 Å². The monoisotopic (exact) mass is 375 g/mol. The van der Waals surface area contributed by atoms with Crippen LogP contribution < -0.4 is 5.32 Å². The molecule has 1 fully saturated rings. The number of hydrogen-bond donors (Lipinski definition) is 1. The summed E-state index contributed by atoms with van der Waals surface area (Å²) < 4.78 is 32.6. The molecule has 1 aliphatic rings. The quantitative estimate of drug-likeness (QED) is 0.819. The van der Waals surface area contributed by atoms with Gasteiger partial charge in [0.25, 0.3) is 0 Å². The van der Waals surface area contributed by atoms with E-state index in [0.717, 1.165) is 5.69 Å². The molecular formula is C18H21N3O4S. The Kier molecular flexibility index (Phi) is 5.97. The fourth-order valence-electron chi connectivity index (χ4n) is 2.82. The number of carbonyl (C=O) groups excluding carboxylic acids is 1. The second kappa shape index (κ2) is 8.39. The number of ether oxygens (including phenoxy) is 1. The van der Waals surface area contributed by atoms with Gasteiger partial charge in [-0.05, 0) is 24.3 Å². The van der Waals surface area contributed by atoms with Crippen LogP contribution in [0.1, 0.15) is 12.1 Å². The molecule has 1 aliphatic heterocycles. The van der Waals surface area contributed by atoms with Crippen molar-refractivity contribution in [2.75, 3.05) is 19.8 Å². The minimum Gasteiger partial charge on any atom is -0.378 e. The highest BCUT2D eigenvalue weighted by Crippen LogP contribution is 2.22. The zero-order valence-corrected chi connectivity index (χ0v) is 15.1. The summed E-state index contributed by atoms with van der Waals surface area (Å²) in [5, 5.41) is 2.78. The van der Waals surface area contributed by atoms with E-state index in [-0.39, 0.29) is 30.4 Å². The van der Waals surface area contributed by atoms with Gasteiger partial charge in [-0.3, -0.25) is 9.78 Å². The molecule has 2 aromatic rings. The van der Waals surface area contributed by atoms with E-state index in [1.807, 2.05) is 12.1 Å². The number of rotatable bonds is 6. The molecule has 8 heteroatoms. The van der Waals surface area contributed by atoms with E-state index in [0.29, 0.717) is 13.2 Å². The Morgan fingerprint density at radius 2 is 1.96 bits per heavy atom. The van der Waals surface area contributed by atoms with Gasteiger partial charge in [-0.25, -0.2) is 8.42 Å². The van der Waals surface area contributed by atoms with Gasteiger partial charge in [0.2, 0.25) is 15.9 Å². The van der Waals surface area contributed by atoms with Gasteiger partial charge in [0.05, 0.1) is 36.4 Å². The molecule has 0 unspecified atom stereocenters. The van der Waals surface area contributed by atoms with Crippen molar-refractivity contribution in [1.82, 2.24) is 14.6 Å². The molecule has 0 bridgehead atoms. The Morgan fingerprint density at radius 3 is 2.69 bits per heavy atom. The third-order valence-electron chi connectivity index (χ3n) is 4.14. The van der Waals surface area contributed by atoms with Gasteiger partial charge in [0.1, 0.15) is 0 Å². The minimum absolute atomic E-state index is 0.0406. The maximum atomic E-state index is 12.9. The number of sulfonamides is 1. The molecule has 1 N–H and O–H groups in total. The second-order valence-corrected chi connectivity index (χ2v) is 7.85. The van der Waals surface area contributed by atoms with Crippen LogP contribution in [0.5, 0.6) is 0 Å². The Morgan fingerprint density at radius 1 is 1.19 bits per heavy atom. The van der Waals surface area contributed by atoms with Crippen molar-refractivity contribution in [2.45, 2.75) is 23.9 Å². The molecule has 1 aromatic carbocycles. The molecule has 1 amide bonds. The molecule has 0 radical (unpaired) electrons. The first-order valence-electron chi connectivity index (χ1n) is 8.38. The molecule has 1 saturated heterocycles. The first-order valence-corrected chi connectivity index (χ1v) is 9.82. The van der Waals surface area contributed by atoms with Crippen LogP contribution in [-0.2, 0) is 26.1 Å². The number of nitrogens with zero attached hydrogens (tertiary/aromatic N) is 2. The van der Waals surface area contributed by atoms with E-state index in [2.05, 4.69) is 10.3 Å². The van der Waals surface area contributed by atoms with Gasteiger partial charge in [0, 0.05) is 19.2 Å². The van der Waals surface area contributed by atoms with Crippen LogP contribution in [0.15, 0.2) is 59.6 Å². The predicted octanol–water partition coefficient (Wildman–Crippen LogP) is 1.18. The Balaban J connectivity index is 1.66. The summed E-state index contributed by atoms with van der Waals surface area (Å²) >= 11 is 0. The molecule has 3 rings (SSSR count). The number of amides is 1. The first kappa shape index (κ1) is 18.5. The van der Waals surface area contributed by atoms with Gasteiger partial charge in [-0.2, -0.15) is 4.31 Å². The number of benzene rings is 1. The summed E-state index contributed by atoms with van der Waals surface area (Å²) in [5.41, 5.74) is 0.745. The van der Waals surface area contributed by atoms with Crippen molar-refractivity contribution in [3.05, 3.63) is 60.4 Å². The van der Waals surface area contributed by atoms with Crippen LogP contribution in [0.2, 0.25) is 0 Å². The highest BCUT2D eigenvalue weighted by Gasteiger charge is 2.35. The van der Waals surface area contributed by atoms with Crippen LogP contribution >= 0.6 is 0 Å². The zero-order valence-electron chi connectivity index (χ0n) is 14.2. The van der Waals surface area contributed by atoms with E-state index < -0.39 is 16.1 Å². The van der Waals surface area contributed by atoms with E-state index in [4.69, 9.17) is 4.74 Å². The fourth-order valence-corrected chi connectivity index (χ4v) is 4.44. The Hall–Kier alpha value is -2.29. The summed E-state index contributed by atoms with van der Waals surface area (Å²) in [5.74, 6) is -0.237. The van der Waals surface area contributed by atoms with Crippen LogP contribution in [0.25, 0.3) is 0 Å². The lowest BCUT2D eigenvalue weighted by molar-refractivity contribution is -0.123. The molecule has 0 saturated carbocycles. The molecule has 0 aliphatic carbocycles. The molecule has 0 spiro atoms. The van der Waals surface area contributed by atoms with Crippen molar-refractivity contribution in [3.8, 4) is 0 Å². The summed E-state index contributed by atoms with van der Waals surface area (Å²) in [7, 11) is -3.66. The first-order chi connectivity index (χ1) is 12.6. The average molecular weight is 375 g/mol. The minimum atomic E-state index is -3.66. The number of nitrogens with one attached hydrogen (secondary N) is 1. The normalized spacial score (nSPS) is 18.4. The van der Waals surface area contributed by atoms with Crippen molar-refractivity contribution < 1.29 is 17.9 Å². The largest absolute Gasteiger partial charge is 0.378 e. The smallest absolute Gasteiger partial charge is 0.243 e. The van der Waals surface area contributed by atoms with Gasteiger partial charge in [0.15, 0.2) is 0 Å². The third kappa shape index (κ3) is 4.46. The van der Waals surface area contributed by atoms with Crippen molar-refractivity contribution in [1.29, 1.82) is 0 Å². The maximum Gasteiger partial charge on any atom is 0.243 e. The summed E-state index contributed by atoms with van der Waals surface area (Å²) in [6.45, 7) is 1.05. The molecule has 1 atom stereocenters. The van der Waals surface area contributed by atoms with Gasteiger partial charge in [-0.15, -0.1) is 0 Å². The lowest BCUT2D eigenvalue weighted by atomic mass is 10.2. The van der Waals surface area contributed by atoms with Crippen LogP contribution in [0, 0.1) is 0 Å². The van der Waals surface area contributed by atoms with Crippen molar-refractivity contribution in [2.24, 2.45) is 0 Å². The number of carbonyl (C=O) groups is 1. The highest BCUT2D eigenvalue weighted by molar-refractivity contribution is 7.89. The SMILES string of the molecule is O=C(C[C@H]1COCCN1S(=O)(=O)c1ccccc1)NCc1ccccn1. The van der Waals surface area contributed by atoms with Gasteiger partial charge < -0.3 is 10.1 Å². The summed E-state index contributed by atoms with van der Waals surface area (Å²) in [4.78, 5) is 16.6. The lowest BCUT2D eigenvalue weighted by Gasteiger charge is -2.34. The van der Waals surface area contributed by atoms with Gasteiger partial charge >= 0.3 is 0 Å². The predicted molar refractivity (Wildman–Crippen MR) is 95.6 cm³/mol. The number of aromatic nitrogens is 1. The lowest BCUT2D eigenvalue weighted by Crippen LogP contribution is -2.50. The molecule has 1 aromatic heterocycles. The second-order valence-electron chi connectivity index (χ2n) is 5.96. The highest BCUT2D eigenvalue weighted by atomic mass is 32.2. The molecular weight excluding hydrogens is 354 g/mol. The zero-order chi connectivity index (χ0) is 18.4. The van der Waals surface area contributed by atoms with E-state index in [9.17, 15) is 13.2 Å². The third-order valence-corrected chi connectivity index (χ3v) is 6.10. The molecule has 7 nitrogen and oxygen atoms in total. The standard InChI is InChI=1S/C18H21N3O4S/c22-18(20-13-15-6-4-5-9-19-15)12-16-14-25-11-10-21(16)26(23,24)17-7-2-1-3-8-17/h1-9,16H,10-14H2,(H,20,22)/t16-/m0/s1. The van der Waals surface area contributed by atoms with E-state index in [1.54, 1.807) is 42.6 Å².